The van der Waals surface area contributed by atoms with Crippen LogP contribution in [0, 0.1) is 0 Å². The lowest BCUT2D eigenvalue weighted by atomic mass is 10.1. The molecular weight excluding hydrogens is 234 g/mol. The third-order valence-corrected chi connectivity index (χ3v) is 2.47. The number of hydrogen-bond acceptors (Lipinski definition) is 3. The van der Waals surface area contributed by atoms with Gasteiger partial charge in [0.15, 0.2) is 5.76 Å². The second-order valence-corrected chi connectivity index (χ2v) is 3.75. The van der Waals surface area contributed by atoms with E-state index in [1.807, 2.05) is 6.92 Å². The number of Topliss-reactive ketones (excluding diaryl/α,β-unsaturated/α-hetero) is 1. The molecule has 0 saturated carbocycles. The van der Waals surface area contributed by atoms with Gasteiger partial charge in [-0.1, -0.05) is 6.92 Å². The number of hydrogen-bond donors (Lipinski definition) is 1. The van der Waals surface area contributed by atoms with Crippen molar-refractivity contribution in [2.75, 3.05) is 0 Å². The van der Waals surface area contributed by atoms with E-state index in [0.29, 0.717) is 16.7 Å². The molecule has 13 heavy (non-hydrogen) atoms. The number of furan rings is 1. The highest BCUT2D eigenvalue weighted by atomic mass is 79.9. The van der Waals surface area contributed by atoms with E-state index in [4.69, 9.17) is 10.2 Å². The van der Waals surface area contributed by atoms with Crippen LogP contribution in [0.1, 0.15) is 30.3 Å². The first-order chi connectivity index (χ1) is 6.15. The zero-order valence-corrected chi connectivity index (χ0v) is 9.00. The Bertz CT molecular complexity index is 296. The standard InChI is InChI=1S/C9H12BrNO2/c1-2-6(11)5-8(12)9-7(10)3-4-13-9/h3-4,6H,2,5,11H2,1H3. The van der Waals surface area contributed by atoms with Crippen molar-refractivity contribution in [2.45, 2.75) is 25.8 Å². The molecule has 0 amide bonds. The van der Waals surface area contributed by atoms with Crippen LogP contribution in [0.2, 0.25) is 0 Å². The minimum atomic E-state index is -0.0792. The molecule has 1 aromatic rings. The van der Waals surface area contributed by atoms with Crippen molar-refractivity contribution < 1.29 is 9.21 Å². The number of ketones is 1. The molecule has 1 atom stereocenters. The van der Waals surface area contributed by atoms with Gasteiger partial charge in [-0.05, 0) is 28.4 Å². The Morgan fingerprint density at radius 2 is 2.46 bits per heavy atom. The van der Waals surface area contributed by atoms with E-state index in [9.17, 15) is 4.79 Å². The molecule has 1 unspecified atom stereocenters. The normalized spacial score (nSPS) is 12.8. The molecule has 2 N–H and O–H groups in total. The number of rotatable bonds is 4. The smallest absolute Gasteiger partial charge is 0.200 e. The molecule has 0 saturated heterocycles. The molecule has 3 nitrogen and oxygen atoms in total. The van der Waals surface area contributed by atoms with Crippen molar-refractivity contribution in [1.29, 1.82) is 0 Å². The van der Waals surface area contributed by atoms with Gasteiger partial charge in [0.2, 0.25) is 5.78 Å². The molecule has 0 aliphatic rings. The Labute approximate surface area is 85.4 Å². The SMILES string of the molecule is CCC(N)CC(=O)c1occc1Br. The van der Waals surface area contributed by atoms with Crippen LogP contribution < -0.4 is 5.73 Å². The van der Waals surface area contributed by atoms with Crippen LogP contribution in [0.15, 0.2) is 21.2 Å². The summed E-state index contributed by atoms with van der Waals surface area (Å²) < 4.78 is 5.71. The fourth-order valence-corrected chi connectivity index (χ4v) is 1.39. The molecule has 0 fully saturated rings. The highest BCUT2D eigenvalue weighted by Crippen LogP contribution is 2.19. The van der Waals surface area contributed by atoms with Crippen molar-refractivity contribution in [1.82, 2.24) is 0 Å². The lowest BCUT2D eigenvalue weighted by Crippen LogP contribution is -2.22. The second-order valence-electron chi connectivity index (χ2n) is 2.89. The quantitative estimate of drug-likeness (QED) is 0.829. The molecule has 4 heteroatoms. The van der Waals surface area contributed by atoms with Crippen LogP contribution in [0.3, 0.4) is 0 Å². The Morgan fingerprint density at radius 1 is 1.77 bits per heavy atom. The number of carbonyl (C=O) groups excluding carboxylic acids is 1. The van der Waals surface area contributed by atoms with Gasteiger partial charge in [-0.2, -0.15) is 0 Å². The molecule has 72 valence electrons. The van der Waals surface area contributed by atoms with Crippen molar-refractivity contribution in [2.24, 2.45) is 5.73 Å². The first-order valence-corrected chi connectivity index (χ1v) is 4.96. The van der Waals surface area contributed by atoms with Gasteiger partial charge in [0.05, 0.1) is 10.7 Å². The lowest BCUT2D eigenvalue weighted by Gasteiger charge is -2.05. The minimum absolute atomic E-state index is 0.0498. The van der Waals surface area contributed by atoms with E-state index in [2.05, 4.69) is 15.9 Å². The maximum Gasteiger partial charge on any atom is 0.200 e. The molecule has 0 aliphatic heterocycles. The molecule has 0 aromatic carbocycles. The molecule has 1 rings (SSSR count). The van der Waals surface area contributed by atoms with Gasteiger partial charge in [0.25, 0.3) is 0 Å². The highest BCUT2D eigenvalue weighted by Gasteiger charge is 2.15. The van der Waals surface area contributed by atoms with Crippen molar-refractivity contribution >= 4 is 21.7 Å². The van der Waals surface area contributed by atoms with Gasteiger partial charge < -0.3 is 10.2 Å². The van der Waals surface area contributed by atoms with Gasteiger partial charge in [-0.25, -0.2) is 0 Å². The predicted octanol–water partition coefficient (Wildman–Crippen LogP) is 2.35. The Kier molecular flexibility index (Phi) is 3.69. The monoisotopic (exact) mass is 245 g/mol. The van der Waals surface area contributed by atoms with Crippen LogP contribution in [0.4, 0.5) is 0 Å². The summed E-state index contributed by atoms with van der Waals surface area (Å²) in [5, 5.41) is 0. The van der Waals surface area contributed by atoms with Crippen molar-refractivity contribution in [3.05, 3.63) is 22.6 Å². The Balaban J connectivity index is 2.64. The average molecular weight is 246 g/mol. The molecular formula is C9H12BrNO2. The Morgan fingerprint density at radius 3 is 2.92 bits per heavy atom. The lowest BCUT2D eigenvalue weighted by molar-refractivity contribution is 0.0946. The fourth-order valence-electron chi connectivity index (χ4n) is 0.968. The van der Waals surface area contributed by atoms with Crippen molar-refractivity contribution in [3.8, 4) is 0 Å². The van der Waals surface area contributed by atoms with Gasteiger partial charge in [0, 0.05) is 12.5 Å². The summed E-state index contributed by atoms with van der Waals surface area (Å²) in [7, 11) is 0. The second kappa shape index (κ2) is 4.58. The number of carbonyl (C=O) groups is 1. The number of halogens is 1. The maximum absolute atomic E-state index is 11.5. The van der Waals surface area contributed by atoms with Crippen molar-refractivity contribution in [3.63, 3.8) is 0 Å². The zero-order chi connectivity index (χ0) is 9.84. The molecule has 0 spiro atoms. The summed E-state index contributed by atoms with van der Waals surface area (Å²) in [6.07, 6.45) is 2.61. The maximum atomic E-state index is 11.5. The van der Waals surface area contributed by atoms with Gasteiger partial charge in [-0.15, -0.1) is 0 Å². The van der Waals surface area contributed by atoms with Crippen LogP contribution in [-0.4, -0.2) is 11.8 Å². The summed E-state index contributed by atoms with van der Waals surface area (Å²) in [5.41, 5.74) is 5.65. The van der Waals surface area contributed by atoms with Gasteiger partial charge in [-0.3, -0.25) is 4.79 Å². The average Bonchev–Trinajstić information content (AvgIpc) is 2.51. The van der Waals surface area contributed by atoms with Crippen LogP contribution in [0.5, 0.6) is 0 Å². The minimum Gasteiger partial charge on any atom is -0.460 e. The Hall–Kier alpha value is -0.610. The summed E-state index contributed by atoms with van der Waals surface area (Å²) in [5.74, 6) is 0.315. The van der Waals surface area contributed by atoms with E-state index in [-0.39, 0.29) is 11.8 Å². The largest absolute Gasteiger partial charge is 0.460 e. The summed E-state index contributed by atoms with van der Waals surface area (Å²) >= 11 is 3.22. The van der Waals surface area contributed by atoms with Crippen LogP contribution in [-0.2, 0) is 0 Å². The first kappa shape index (κ1) is 10.5. The third kappa shape index (κ3) is 2.67. The van der Waals surface area contributed by atoms with E-state index in [0.717, 1.165) is 6.42 Å². The molecule has 1 heterocycles. The van der Waals surface area contributed by atoms with E-state index < -0.39 is 0 Å². The molecule has 0 radical (unpaired) electrons. The first-order valence-electron chi connectivity index (χ1n) is 4.17. The highest BCUT2D eigenvalue weighted by molar-refractivity contribution is 9.10. The summed E-state index contributed by atoms with van der Waals surface area (Å²) in [4.78, 5) is 11.5. The topological polar surface area (TPSA) is 56.2 Å². The van der Waals surface area contributed by atoms with Gasteiger partial charge >= 0.3 is 0 Å². The number of nitrogens with two attached hydrogens (primary N) is 1. The molecule has 0 aliphatic carbocycles. The van der Waals surface area contributed by atoms with Gasteiger partial charge in [0.1, 0.15) is 0 Å². The van der Waals surface area contributed by atoms with Crippen LogP contribution >= 0.6 is 15.9 Å². The van der Waals surface area contributed by atoms with Crippen LogP contribution in [0.25, 0.3) is 0 Å². The zero-order valence-electron chi connectivity index (χ0n) is 7.42. The molecule has 0 bridgehead atoms. The summed E-state index contributed by atoms with van der Waals surface area (Å²) in [6, 6.07) is 1.62. The third-order valence-electron chi connectivity index (χ3n) is 1.84. The molecule has 1 aromatic heterocycles. The van der Waals surface area contributed by atoms with E-state index >= 15 is 0 Å². The predicted molar refractivity (Wildman–Crippen MR) is 53.6 cm³/mol. The van der Waals surface area contributed by atoms with E-state index in [1.165, 1.54) is 6.26 Å². The fraction of sp³-hybridized carbons (Fsp3) is 0.444. The van der Waals surface area contributed by atoms with E-state index in [1.54, 1.807) is 6.07 Å². The summed E-state index contributed by atoms with van der Waals surface area (Å²) in [6.45, 7) is 1.95.